The molecule has 6 heteroatoms. The number of halogens is 4. The van der Waals surface area contributed by atoms with Gasteiger partial charge in [0.15, 0.2) is 0 Å². The van der Waals surface area contributed by atoms with Gasteiger partial charge in [0.05, 0.1) is 5.56 Å². The minimum absolute atomic E-state index is 0.00824. The topological polar surface area (TPSA) is 20.3 Å². The highest BCUT2D eigenvalue weighted by atomic mass is 79.9. The number of benzene rings is 1. The summed E-state index contributed by atoms with van der Waals surface area (Å²) in [5.74, 6) is 0.00824. The summed E-state index contributed by atoms with van der Waals surface area (Å²) in [6, 6.07) is 4.04. The van der Waals surface area contributed by atoms with E-state index in [2.05, 4.69) is 15.9 Å². The van der Waals surface area contributed by atoms with Crippen LogP contribution in [0.1, 0.15) is 24.5 Å². The number of carbonyl (C=O) groups is 1. The standard InChI is InChI=1S/C14H13BrF3NO/c1-9(20)19-6-4-10(5-7-19)11-2-3-12(13(15)8-11)14(16,17)18/h2-4,8H,5-7H2,1H3. The van der Waals surface area contributed by atoms with E-state index in [0.717, 1.165) is 17.2 Å². The molecule has 1 aromatic rings. The monoisotopic (exact) mass is 347 g/mol. The molecule has 2 nitrogen and oxygen atoms in total. The molecule has 1 aliphatic rings. The Morgan fingerprint density at radius 2 is 2.05 bits per heavy atom. The molecule has 1 heterocycles. The lowest BCUT2D eigenvalue weighted by Crippen LogP contribution is -2.32. The SMILES string of the molecule is CC(=O)N1CC=C(c2ccc(C(F)(F)F)c(Br)c2)CC1. The minimum atomic E-state index is -4.36. The van der Waals surface area contributed by atoms with Gasteiger partial charge in [-0.1, -0.05) is 28.1 Å². The zero-order valence-electron chi connectivity index (χ0n) is 10.8. The molecule has 1 amide bonds. The van der Waals surface area contributed by atoms with Crippen LogP contribution in [0.2, 0.25) is 0 Å². The third-order valence-electron chi connectivity index (χ3n) is 3.30. The third-order valence-corrected chi connectivity index (χ3v) is 3.96. The number of amides is 1. The number of alkyl halides is 3. The number of hydrogen-bond acceptors (Lipinski definition) is 1. The van der Waals surface area contributed by atoms with Crippen molar-refractivity contribution in [3.05, 3.63) is 39.9 Å². The van der Waals surface area contributed by atoms with Gasteiger partial charge in [-0.3, -0.25) is 4.79 Å². The van der Waals surface area contributed by atoms with Crippen molar-refractivity contribution in [1.29, 1.82) is 0 Å². The highest BCUT2D eigenvalue weighted by molar-refractivity contribution is 9.10. The van der Waals surface area contributed by atoms with Gasteiger partial charge in [0.1, 0.15) is 0 Å². The van der Waals surface area contributed by atoms with Gasteiger partial charge in [-0.15, -0.1) is 0 Å². The highest BCUT2D eigenvalue weighted by Crippen LogP contribution is 2.36. The fraction of sp³-hybridized carbons (Fsp3) is 0.357. The predicted molar refractivity (Wildman–Crippen MR) is 74.0 cm³/mol. The van der Waals surface area contributed by atoms with Gasteiger partial charge in [-0.05, 0) is 29.7 Å². The van der Waals surface area contributed by atoms with E-state index >= 15 is 0 Å². The maximum Gasteiger partial charge on any atom is 0.417 e. The summed E-state index contributed by atoms with van der Waals surface area (Å²) in [5.41, 5.74) is 1.05. The zero-order chi connectivity index (χ0) is 14.9. The molecule has 0 atom stereocenters. The zero-order valence-corrected chi connectivity index (χ0v) is 12.4. The lowest BCUT2D eigenvalue weighted by molar-refractivity contribution is -0.138. The van der Waals surface area contributed by atoms with Crippen molar-refractivity contribution in [2.45, 2.75) is 19.5 Å². The Morgan fingerprint density at radius 1 is 1.35 bits per heavy atom. The van der Waals surface area contributed by atoms with Crippen LogP contribution in [0.15, 0.2) is 28.7 Å². The maximum atomic E-state index is 12.7. The van der Waals surface area contributed by atoms with Crippen molar-refractivity contribution in [3.8, 4) is 0 Å². The quantitative estimate of drug-likeness (QED) is 0.748. The summed E-state index contributed by atoms with van der Waals surface area (Å²) in [7, 11) is 0. The maximum absolute atomic E-state index is 12.7. The molecule has 20 heavy (non-hydrogen) atoms. The number of hydrogen-bond donors (Lipinski definition) is 0. The largest absolute Gasteiger partial charge is 0.417 e. The van der Waals surface area contributed by atoms with E-state index in [4.69, 9.17) is 0 Å². The molecule has 0 fully saturated rings. The molecule has 0 radical (unpaired) electrons. The van der Waals surface area contributed by atoms with Crippen LogP contribution in [0, 0.1) is 0 Å². The molecule has 1 aliphatic heterocycles. The van der Waals surface area contributed by atoms with Crippen molar-refractivity contribution in [2.75, 3.05) is 13.1 Å². The van der Waals surface area contributed by atoms with Gasteiger partial charge in [0.25, 0.3) is 0 Å². The van der Waals surface area contributed by atoms with Gasteiger partial charge in [-0.2, -0.15) is 13.2 Å². The Bertz CT molecular complexity index is 566. The summed E-state index contributed by atoms with van der Waals surface area (Å²) >= 11 is 2.97. The molecule has 1 aromatic carbocycles. The van der Waals surface area contributed by atoms with E-state index in [0.29, 0.717) is 19.5 Å². The molecule has 2 rings (SSSR count). The molecular formula is C14H13BrF3NO. The molecule has 0 unspecified atom stereocenters. The average molecular weight is 348 g/mol. The molecule has 0 saturated carbocycles. The second kappa shape index (κ2) is 5.60. The molecule has 0 aliphatic carbocycles. The number of nitrogens with zero attached hydrogens (tertiary/aromatic N) is 1. The Labute approximate surface area is 123 Å². The van der Waals surface area contributed by atoms with Crippen molar-refractivity contribution in [2.24, 2.45) is 0 Å². The van der Waals surface area contributed by atoms with E-state index in [9.17, 15) is 18.0 Å². The van der Waals surface area contributed by atoms with E-state index in [-0.39, 0.29) is 10.4 Å². The summed E-state index contributed by atoms with van der Waals surface area (Å²) in [5, 5.41) is 0. The first-order valence-corrected chi connectivity index (χ1v) is 6.90. The Morgan fingerprint density at radius 3 is 2.50 bits per heavy atom. The van der Waals surface area contributed by atoms with E-state index in [1.54, 1.807) is 4.90 Å². The lowest BCUT2D eigenvalue weighted by Gasteiger charge is -2.25. The van der Waals surface area contributed by atoms with E-state index < -0.39 is 11.7 Å². The van der Waals surface area contributed by atoms with Crippen molar-refractivity contribution in [1.82, 2.24) is 4.90 Å². The summed E-state index contributed by atoms with van der Waals surface area (Å²) in [6.07, 6.45) is -1.82. The molecule has 0 bridgehead atoms. The number of rotatable bonds is 1. The van der Waals surface area contributed by atoms with Crippen LogP contribution < -0.4 is 0 Å². The minimum Gasteiger partial charge on any atom is -0.339 e. The first-order chi connectivity index (χ1) is 9.29. The molecule has 0 aromatic heterocycles. The van der Waals surface area contributed by atoms with Crippen molar-refractivity contribution < 1.29 is 18.0 Å². The van der Waals surface area contributed by atoms with Crippen LogP contribution >= 0.6 is 15.9 Å². The molecule has 0 spiro atoms. The van der Waals surface area contributed by atoms with Gasteiger partial charge in [0, 0.05) is 24.5 Å². The van der Waals surface area contributed by atoms with E-state index in [1.807, 2.05) is 6.08 Å². The van der Waals surface area contributed by atoms with Crippen LogP contribution in [0.5, 0.6) is 0 Å². The lowest BCUT2D eigenvalue weighted by atomic mass is 9.98. The number of carbonyl (C=O) groups excluding carboxylic acids is 1. The smallest absolute Gasteiger partial charge is 0.339 e. The first-order valence-electron chi connectivity index (χ1n) is 6.10. The molecule has 0 saturated heterocycles. The van der Waals surface area contributed by atoms with E-state index in [1.165, 1.54) is 19.1 Å². The van der Waals surface area contributed by atoms with Crippen molar-refractivity contribution in [3.63, 3.8) is 0 Å². The Balaban J connectivity index is 2.23. The van der Waals surface area contributed by atoms with Crippen molar-refractivity contribution >= 4 is 27.4 Å². The van der Waals surface area contributed by atoms with Gasteiger partial charge >= 0.3 is 6.18 Å². The van der Waals surface area contributed by atoms with Crippen LogP contribution in [0.25, 0.3) is 5.57 Å². The van der Waals surface area contributed by atoms with Gasteiger partial charge in [0.2, 0.25) is 5.91 Å². The normalized spacial score (nSPS) is 16.1. The second-order valence-corrected chi connectivity index (χ2v) is 5.49. The molecule has 0 N–H and O–H groups in total. The molecule has 108 valence electrons. The Hall–Kier alpha value is -1.30. The van der Waals surface area contributed by atoms with Crippen LogP contribution in [-0.2, 0) is 11.0 Å². The average Bonchev–Trinajstić information content (AvgIpc) is 2.37. The second-order valence-electron chi connectivity index (χ2n) is 4.64. The van der Waals surface area contributed by atoms with Crippen LogP contribution in [0.4, 0.5) is 13.2 Å². The Kier molecular flexibility index (Phi) is 4.22. The third kappa shape index (κ3) is 3.23. The fourth-order valence-electron chi connectivity index (χ4n) is 2.16. The van der Waals surface area contributed by atoms with Crippen LogP contribution in [-0.4, -0.2) is 23.9 Å². The highest BCUT2D eigenvalue weighted by Gasteiger charge is 2.33. The summed E-state index contributed by atoms with van der Waals surface area (Å²) in [4.78, 5) is 12.9. The van der Waals surface area contributed by atoms with Gasteiger partial charge < -0.3 is 4.90 Å². The van der Waals surface area contributed by atoms with Gasteiger partial charge in [-0.25, -0.2) is 0 Å². The first kappa shape index (κ1) is 15.1. The summed E-state index contributed by atoms with van der Waals surface area (Å²) < 4.78 is 38.1. The summed E-state index contributed by atoms with van der Waals surface area (Å²) in [6.45, 7) is 2.61. The van der Waals surface area contributed by atoms with Crippen LogP contribution in [0.3, 0.4) is 0 Å². The molecular weight excluding hydrogens is 335 g/mol. The predicted octanol–water partition coefficient (Wildman–Crippen LogP) is 4.10. The fourth-order valence-corrected chi connectivity index (χ4v) is 2.77.